The second-order valence-electron chi connectivity index (χ2n) is 5.81. The summed E-state index contributed by atoms with van der Waals surface area (Å²) in [5.41, 5.74) is -0.515. The van der Waals surface area contributed by atoms with Gasteiger partial charge in [0.25, 0.3) is 0 Å². The van der Waals surface area contributed by atoms with Crippen LogP contribution in [0.15, 0.2) is 4.52 Å². The Labute approximate surface area is 108 Å². The summed E-state index contributed by atoms with van der Waals surface area (Å²) in [6, 6.07) is 0. The molecule has 1 aromatic rings. The lowest BCUT2D eigenvalue weighted by atomic mass is 10.0. The number of rotatable bonds is 5. The molecular formula is C13H23N3O2. The van der Waals surface area contributed by atoms with Crippen LogP contribution in [0.25, 0.3) is 0 Å². The van der Waals surface area contributed by atoms with Crippen LogP contribution in [-0.4, -0.2) is 39.3 Å². The third-order valence-corrected chi connectivity index (χ3v) is 3.49. The van der Waals surface area contributed by atoms with Crippen molar-refractivity contribution in [3.05, 3.63) is 11.7 Å². The molecular weight excluding hydrogens is 230 g/mol. The van der Waals surface area contributed by atoms with E-state index >= 15 is 0 Å². The first-order valence-corrected chi connectivity index (χ1v) is 6.72. The van der Waals surface area contributed by atoms with Crippen LogP contribution in [0.1, 0.15) is 57.2 Å². The molecule has 0 unspecified atom stereocenters. The van der Waals surface area contributed by atoms with Gasteiger partial charge in [0.05, 0.1) is 12.1 Å². The van der Waals surface area contributed by atoms with E-state index in [0.29, 0.717) is 24.8 Å². The Morgan fingerprint density at radius 2 is 2.06 bits per heavy atom. The number of nitrogens with zero attached hydrogens (tertiary/aromatic N) is 3. The zero-order valence-electron chi connectivity index (χ0n) is 11.5. The zero-order chi connectivity index (χ0) is 13.2. The number of hydrogen-bond acceptors (Lipinski definition) is 5. The van der Waals surface area contributed by atoms with Gasteiger partial charge in [-0.3, -0.25) is 4.90 Å². The SMILES string of the molecule is CC(C)c1nc(CN(C)CC2(O)CCCC2)no1. The maximum Gasteiger partial charge on any atom is 0.229 e. The first kappa shape index (κ1) is 13.5. The van der Waals surface area contributed by atoms with Crippen molar-refractivity contribution in [2.75, 3.05) is 13.6 Å². The summed E-state index contributed by atoms with van der Waals surface area (Å²) in [6.45, 7) is 5.36. The van der Waals surface area contributed by atoms with Crippen LogP contribution in [0.5, 0.6) is 0 Å². The quantitative estimate of drug-likeness (QED) is 0.868. The average Bonchev–Trinajstić information content (AvgIpc) is 2.87. The van der Waals surface area contributed by atoms with Gasteiger partial charge in [0, 0.05) is 12.5 Å². The van der Waals surface area contributed by atoms with E-state index in [1.54, 1.807) is 0 Å². The highest BCUT2D eigenvalue weighted by Gasteiger charge is 2.32. The van der Waals surface area contributed by atoms with Crippen molar-refractivity contribution in [3.63, 3.8) is 0 Å². The van der Waals surface area contributed by atoms with Gasteiger partial charge in [-0.25, -0.2) is 0 Å². The van der Waals surface area contributed by atoms with E-state index in [1.807, 2.05) is 20.9 Å². The third-order valence-electron chi connectivity index (χ3n) is 3.49. The number of aliphatic hydroxyl groups is 1. The molecule has 1 aromatic heterocycles. The number of hydrogen-bond donors (Lipinski definition) is 1. The molecule has 1 aliphatic carbocycles. The van der Waals surface area contributed by atoms with E-state index in [0.717, 1.165) is 25.7 Å². The number of likely N-dealkylation sites (N-methyl/N-ethyl adjacent to an activating group) is 1. The molecule has 1 N–H and O–H groups in total. The Morgan fingerprint density at radius 1 is 1.39 bits per heavy atom. The first-order chi connectivity index (χ1) is 8.48. The molecule has 0 amide bonds. The minimum Gasteiger partial charge on any atom is -0.389 e. The van der Waals surface area contributed by atoms with Crippen LogP contribution in [0.4, 0.5) is 0 Å². The molecule has 5 heteroatoms. The highest BCUT2D eigenvalue weighted by molar-refractivity contribution is 4.92. The van der Waals surface area contributed by atoms with Crippen LogP contribution < -0.4 is 0 Å². The molecule has 5 nitrogen and oxygen atoms in total. The van der Waals surface area contributed by atoms with Crippen LogP contribution in [0, 0.1) is 0 Å². The topological polar surface area (TPSA) is 62.4 Å². The van der Waals surface area contributed by atoms with Crippen molar-refractivity contribution in [2.45, 2.75) is 57.6 Å². The minimum absolute atomic E-state index is 0.260. The smallest absolute Gasteiger partial charge is 0.229 e. The zero-order valence-corrected chi connectivity index (χ0v) is 11.5. The molecule has 18 heavy (non-hydrogen) atoms. The van der Waals surface area contributed by atoms with Gasteiger partial charge in [0.1, 0.15) is 0 Å². The van der Waals surface area contributed by atoms with Crippen LogP contribution in [-0.2, 0) is 6.54 Å². The average molecular weight is 253 g/mol. The summed E-state index contributed by atoms with van der Waals surface area (Å²) in [5, 5.41) is 14.3. The third kappa shape index (κ3) is 3.29. The van der Waals surface area contributed by atoms with Crippen molar-refractivity contribution in [1.82, 2.24) is 15.0 Å². The van der Waals surface area contributed by atoms with E-state index in [2.05, 4.69) is 15.0 Å². The number of aromatic nitrogens is 2. The molecule has 0 spiro atoms. The normalized spacial score (nSPS) is 19.0. The minimum atomic E-state index is -0.515. The maximum absolute atomic E-state index is 10.3. The lowest BCUT2D eigenvalue weighted by Crippen LogP contribution is -2.38. The molecule has 1 heterocycles. The molecule has 0 bridgehead atoms. The van der Waals surface area contributed by atoms with Gasteiger partial charge in [0.15, 0.2) is 5.82 Å². The summed E-state index contributed by atoms with van der Waals surface area (Å²) in [4.78, 5) is 6.42. The lowest BCUT2D eigenvalue weighted by Gasteiger charge is -2.27. The fourth-order valence-electron chi connectivity index (χ4n) is 2.56. The van der Waals surface area contributed by atoms with Crippen molar-refractivity contribution in [3.8, 4) is 0 Å². The van der Waals surface area contributed by atoms with Gasteiger partial charge in [-0.1, -0.05) is 31.8 Å². The molecule has 102 valence electrons. The lowest BCUT2D eigenvalue weighted by molar-refractivity contribution is 0.0138. The Bertz CT molecular complexity index is 383. The Kier molecular flexibility index (Phi) is 4.02. The molecule has 0 atom stereocenters. The van der Waals surface area contributed by atoms with Gasteiger partial charge < -0.3 is 9.63 Å². The van der Waals surface area contributed by atoms with Crippen molar-refractivity contribution in [2.24, 2.45) is 0 Å². The van der Waals surface area contributed by atoms with Crippen molar-refractivity contribution < 1.29 is 9.63 Å². The summed E-state index contributed by atoms with van der Waals surface area (Å²) in [7, 11) is 1.99. The van der Waals surface area contributed by atoms with E-state index in [-0.39, 0.29) is 5.92 Å². The first-order valence-electron chi connectivity index (χ1n) is 6.72. The van der Waals surface area contributed by atoms with Crippen LogP contribution >= 0.6 is 0 Å². The molecule has 0 aromatic carbocycles. The highest BCUT2D eigenvalue weighted by atomic mass is 16.5. The van der Waals surface area contributed by atoms with Crippen LogP contribution in [0.3, 0.4) is 0 Å². The largest absolute Gasteiger partial charge is 0.389 e. The van der Waals surface area contributed by atoms with Gasteiger partial charge >= 0.3 is 0 Å². The summed E-state index contributed by atoms with van der Waals surface area (Å²) < 4.78 is 5.17. The van der Waals surface area contributed by atoms with E-state index in [1.165, 1.54) is 0 Å². The Morgan fingerprint density at radius 3 is 2.61 bits per heavy atom. The molecule has 1 aliphatic rings. The fraction of sp³-hybridized carbons (Fsp3) is 0.846. The summed E-state index contributed by atoms with van der Waals surface area (Å²) >= 11 is 0. The second kappa shape index (κ2) is 5.36. The predicted molar refractivity (Wildman–Crippen MR) is 68.1 cm³/mol. The highest BCUT2D eigenvalue weighted by Crippen LogP contribution is 2.30. The van der Waals surface area contributed by atoms with Gasteiger partial charge in [-0.15, -0.1) is 0 Å². The van der Waals surface area contributed by atoms with Gasteiger partial charge in [-0.2, -0.15) is 4.98 Å². The molecule has 0 saturated heterocycles. The van der Waals surface area contributed by atoms with Crippen molar-refractivity contribution >= 4 is 0 Å². The standard InChI is InChI=1S/C13H23N3O2/c1-10(2)12-14-11(15-18-12)8-16(3)9-13(17)6-4-5-7-13/h10,17H,4-9H2,1-3H3. The Hall–Kier alpha value is -0.940. The summed E-state index contributed by atoms with van der Waals surface area (Å²) in [5.74, 6) is 1.64. The summed E-state index contributed by atoms with van der Waals surface area (Å²) in [6.07, 6.45) is 4.07. The van der Waals surface area contributed by atoms with E-state index < -0.39 is 5.60 Å². The van der Waals surface area contributed by atoms with Gasteiger partial charge in [-0.05, 0) is 19.9 Å². The maximum atomic E-state index is 10.3. The molecule has 1 fully saturated rings. The van der Waals surface area contributed by atoms with Crippen LogP contribution in [0.2, 0.25) is 0 Å². The van der Waals surface area contributed by atoms with E-state index in [9.17, 15) is 5.11 Å². The Balaban J connectivity index is 1.88. The molecule has 0 aliphatic heterocycles. The second-order valence-corrected chi connectivity index (χ2v) is 5.81. The molecule has 0 radical (unpaired) electrons. The molecule has 1 saturated carbocycles. The fourth-order valence-corrected chi connectivity index (χ4v) is 2.56. The monoisotopic (exact) mass is 253 g/mol. The van der Waals surface area contributed by atoms with Crippen molar-refractivity contribution in [1.29, 1.82) is 0 Å². The van der Waals surface area contributed by atoms with Gasteiger partial charge in [0.2, 0.25) is 5.89 Å². The molecule has 2 rings (SSSR count). The predicted octanol–water partition coefficient (Wildman–Crippen LogP) is 1.93. The van der Waals surface area contributed by atoms with E-state index in [4.69, 9.17) is 4.52 Å².